The molecule has 1 atom stereocenters. The maximum absolute atomic E-state index is 9.22. The van der Waals surface area contributed by atoms with E-state index in [-0.39, 0.29) is 6.10 Å². The van der Waals surface area contributed by atoms with Gasteiger partial charge in [-0.25, -0.2) is 9.97 Å². The first-order chi connectivity index (χ1) is 7.20. The normalized spacial score (nSPS) is 18.7. The molecule has 1 aromatic heterocycles. The molecule has 0 aliphatic carbocycles. The Morgan fingerprint density at radius 1 is 1.53 bits per heavy atom. The van der Waals surface area contributed by atoms with Gasteiger partial charge < -0.3 is 10.0 Å². The molecule has 1 fully saturated rings. The van der Waals surface area contributed by atoms with Gasteiger partial charge in [0, 0.05) is 24.8 Å². The second-order valence-corrected chi connectivity index (χ2v) is 4.17. The molecule has 0 saturated carbocycles. The molecule has 0 aromatic carbocycles. The highest BCUT2D eigenvalue weighted by Crippen LogP contribution is 2.22. The number of rotatable bonds is 3. The van der Waals surface area contributed by atoms with E-state index in [9.17, 15) is 5.11 Å². The summed E-state index contributed by atoms with van der Waals surface area (Å²) < 4.78 is 0. The van der Waals surface area contributed by atoms with Crippen LogP contribution in [0.5, 0.6) is 0 Å². The van der Waals surface area contributed by atoms with Crippen molar-refractivity contribution in [2.24, 2.45) is 0 Å². The van der Waals surface area contributed by atoms with Crippen LogP contribution in [0.15, 0.2) is 12.4 Å². The molecular weight excluding hydrogens is 190 g/mol. The van der Waals surface area contributed by atoms with Crippen molar-refractivity contribution in [3.63, 3.8) is 0 Å². The van der Waals surface area contributed by atoms with Gasteiger partial charge in [-0.3, -0.25) is 0 Å². The summed E-state index contributed by atoms with van der Waals surface area (Å²) in [5.74, 6) is 1.41. The van der Waals surface area contributed by atoms with Gasteiger partial charge in [-0.05, 0) is 12.3 Å². The minimum absolute atomic E-state index is 0.188. The first kappa shape index (κ1) is 10.4. The van der Waals surface area contributed by atoms with Gasteiger partial charge in [-0.15, -0.1) is 0 Å². The van der Waals surface area contributed by atoms with Crippen molar-refractivity contribution in [1.82, 2.24) is 9.97 Å². The Morgan fingerprint density at radius 2 is 2.27 bits per heavy atom. The zero-order chi connectivity index (χ0) is 10.8. The number of nitrogens with zero attached hydrogens (tertiary/aromatic N) is 3. The van der Waals surface area contributed by atoms with E-state index >= 15 is 0 Å². The van der Waals surface area contributed by atoms with Gasteiger partial charge >= 0.3 is 0 Å². The van der Waals surface area contributed by atoms with Gasteiger partial charge in [-0.2, -0.15) is 0 Å². The summed E-state index contributed by atoms with van der Waals surface area (Å²) in [4.78, 5) is 10.6. The fraction of sp³-hybridized carbons (Fsp3) is 0.636. The summed E-state index contributed by atoms with van der Waals surface area (Å²) in [6, 6.07) is 2.03. The lowest BCUT2D eigenvalue weighted by Crippen LogP contribution is -2.51. The van der Waals surface area contributed by atoms with Crippen molar-refractivity contribution in [1.29, 1.82) is 0 Å². The van der Waals surface area contributed by atoms with E-state index in [1.807, 2.05) is 6.07 Å². The molecule has 4 nitrogen and oxygen atoms in total. The van der Waals surface area contributed by atoms with E-state index in [2.05, 4.69) is 28.7 Å². The Hall–Kier alpha value is -1.16. The molecule has 15 heavy (non-hydrogen) atoms. The molecule has 82 valence electrons. The minimum atomic E-state index is -0.188. The smallest absolute Gasteiger partial charge is 0.132 e. The van der Waals surface area contributed by atoms with Crippen LogP contribution >= 0.6 is 0 Å². The average molecular weight is 207 g/mol. The molecule has 1 aliphatic heterocycles. The van der Waals surface area contributed by atoms with Gasteiger partial charge in [0.15, 0.2) is 0 Å². The molecule has 1 aliphatic rings. The summed E-state index contributed by atoms with van der Waals surface area (Å²) >= 11 is 0. The summed E-state index contributed by atoms with van der Waals surface area (Å²) in [6.07, 6.45) is 2.51. The number of aliphatic hydroxyl groups is 1. The fourth-order valence-electron chi connectivity index (χ4n) is 1.66. The van der Waals surface area contributed by atoms with Gasteiger partial charge in [0.25, 0.3) is 0 Å². The first-order valence-electron chi connectivity index (χ1n) is 5.45. The van der Waals surface area contributed by atoms with Gasteiger partial charge in [-0.1, -0.05) is 13.8 Å². The number of hydrogen-bond donors (Lipinski definition) is 1. The largest absolute Gasteiger partial charge is 0.389 e. The van der Waals surface area contributed by atoms with Crippen molar-refractivity contribution < 1.29 is 5.11 Å². The van der Waals surface area contributed by atoms with Crippen molar-refractivity contribution in [3.05, 3.63) is 18.1 Å². The Bertz CT molecular complexity index is 336. The van der Waals surface area contributed by atoms with Crippen LogP contribution < -0.4 is 4.90 Å². The maximum atomic E-state index is 9.22. The second-order valence-electron chi connectivity index (χ2n) is 4.17. The summed E-state index contributed by atoms with van der Waals surface area (Å²) in [5.41, 5.74) is 1.09. The van der Waals surface area contributed by atoms with Crippen LogP contribution in [0.25, 0.3) is 0 Å². The zero-order valence-electron chi connectivity index (χ0n) is 9.22. The third kappa shape index (κ3) is 2.09. The zero-order valence-corrected chi connectivity index (χ0v) is 9.22. The fourth-order valence-corrected chi connectivity index (χ4v) is 1.66. The van der Waals surface area contributed by atoms with Gasteiger partial charge in [0.05, 0.1) is 6.10 Å². The molecule has 0 bridgehead atoms. The van der Waals surface area contributed by atoms with Crippen LogP contribution in [0.4, 0.5) is 5.82 Å². The molecule has 1 saturated heterocycles. The average Bonchev–Trinajstić information content (AvgIpc) is 2.24. The lowest BCUT2D eigenvalue weighted by molar-refractivity contribution is 0.141. The van der Waals surface area contributed by atoms with E-state index in [1.54, 1.807) is 6.33 Å². The number of anilines is 1. The molecule has 2 rings (SSSR count). The minimum Gasteiger partial charge on any atom is -0.389 e. The SMILES string of the molecule is CCC(C)c1cc(N2CC(O)C2)ncn1. The Balaban J connectivity index is 2.12. The van der Waals surface area contributed by atoms with E-state index in [1.165, 1.54) is 0 Å². The molecular formula is C11H17N3O. The molecule has 1 unspecified atom stereocenters. The third-order valence-corrected chi connectivity index (χ3v) is 2.98. The second kappa shape index (κ2) is 4.14. The van der Waals surface area contributed by atoms with Crippen molar-refractivity contribution >= 4 is 5.82 Å². The lowest BCUT2D eigenvalue weighted by Gasteiger charge is -2.36. The lowest BCUT2D eigenvalue weighted by atomic mass is 10.0. The number of β-amino-alcohol motifs (C(OH)–C–C–N with tert-alkyl or cyclic N) is 1. The number of aromatic nitrogens is 2. The van der Waals surface area contributed by atoms with Gasteiger partial charge in [0.1, 0.15) is 12.1 Å². The standard InChI is InChI=1S/C11H17N3O/c1-3-8(2)10-4-11(13-7-12-10)14-5-9(15)6-14/h4,7-9,15H,3,5-6H2,1-2H3. The summed E-state index contributed by atoms with van der Waals surface area (Å²) in [7, 11) is 0. The highest BCUT2D eigenvalue weighted by Gasteiger charge is 2.25. The molecule has 4 heteroatoms. The number of aliphatic hydroxyl groups excluding tert-OH is 1. The quantitative estimate of drug-likeness (QED) is 0.808. The summed E-state index contributed by atoms with van der Waals surface area (Å²) in [6.45, 7) is 5.70. The monoisotopic (exact) mass is 207 g/mol. The van der Waals surface area contributed by atoms with Crippen molar-refractivity contribution in [3.8, 4) is 0 Å². The van der Waals surface area contributed by atoms with E-state index in [0.717, 1.165) is 17.9 Å². The van der Waals surface area contributed by atoms with Gasteiger partial charge in [0.2, 0.25) is 0 Å². The molecule has 2 heterocycles. The Morgan fingerprint density at radius 3 is 2.87 bits per heavy atom. The highest BCUT2D eigenvalue weighted by atomic mass is 16.3. The van der Waals surface area contributed by atoms with Crippen LogP contribution in [0.2, 0.25) is 0 Å². The molecule has 1 N–H and O–H groups in total. The van der Waals surface area contributed by atoms with Crippen molar-refractivity contribution in [2.75, 3.05) is 18.0 Å². The van der Waals surface area contributed by atoms with E-state index in [0.29, 0.717) is 19.0 Å². The molecule has 0 amide bonds. The molecule has 0 radical (unpaired) electrons. The summed E-state index contributed by atoms with van der Waals surface area (Å²) in [5, 5.41) is 9.22. The topological polar surface area (TPSA) is 49.2 Å². The van der Waals surface area contributed by atoms with Crippen LogP contribution in [0.1, 0.15) is 31.9 Å². The maximum Gasteiger partial charge on any atom is 0.132 e. The van der Waals surface area contributed by atoms with Crippen LogP contribution in [0, 0.1) is 0 Å². The Kier molecular flexibility index (Phi) is 2.86. The number of hydrogen-bond acceptors (Lipinski definition) is 4. The first-order valence-corrected chi connectivity index (χ1v) is 5.45. The Labute approximate surface area is 90.0 Å². The molecule has 0 spiro atoms. The van der Waals surface area contributed by atoms with E-state index in [4.69, 9.17) is 0 Å². The van der Waals surface area contributed by atoms with Crippen LogP contribution in [-0.4, -0.2) is 34.3 Å². The van der Waals surface area contributed by atoms with Crippen LogP contribution in [-0.2, 0) is 0 Å². The van der Waals surface area contributed by atoms with E-state index < -0.39 is 0 Å². The van der Waals surface area contributed by atoms with Crippen LogP contribution in [0.3, 0.4) is 0 Å². The molecule has 1 aromatic rings. The van der Waals surface area contributed by atoms with Crippen molar-refractivity contribution in [2.45, 2.75) is 32.3 Å². The predicted molar refractivity (Wildman–Crippen MR) is 59.0 cm³/mol. The third-order valence-electron chi connectivity index (χ3n) is 2.98. The highest BCUT2D eigenvalue weighted by molar-refractivity contribution is 5.42. The predicted octanol–water partition coefficient (Wildman–Crippen LogP) is 1.17.